The minimum absolute atomic E-state index is 0.613. The van der Waals surface area contributed by atoms with Crippen molar-refractivity contribution in [1.29, 1.82) is 0 Å². The first kappa shape index (κ1) is 16.2. The summed E-state index contributed by atoms with van der Waals surface area (Å²) < 4.78 is 1.68. The molecular weight excluding hydrogens is 346 g/mol. The summed E-state index contributed by atoms with van der Waals surface area (Å²) >= 11 is 1.60. The van der Waals surface area contributed by atoms with E-state index in [0.717, 1.165) is 22.1 Å². The second-order valence-corrected chi connectivity index (χ2v) is 6.37. The quantitative estimate of drug-likeness (QED) is 0.490. The number of anilines is 2. The van der Waals surface area contributed by atoms with Crippen LogP contribution in [0.15, 0.2) is 66.0 Å². The Bertz CT molecular complexity index is 950. The van der Waals surface area contributed by atoms with Gasteiger partial charge in [-0.2, -0.15) is 4.68 Å². The van der Waals surface area contributed by atoms with Gasteiger partial charge in [-0.3, -0.25) is 0 Å². The van der Waals surface area contributed by atoms with Crippen LogP contribution >= 0.6 is 11.3 Å². The summed E-state index contributed by atoms with van der Waals surface area (Å²) in [6, 6.07) is 19.9. The van der Waals surface area contributed by atoms with Crippen molar-refractivity contribution in [3.63, 3.8) is 0 Å². The molecule has 26 heavy (non-hydrogen) atoms. The normalized spacial score (nSPS) is 10.6. The number of tetrazole rings is 1. The van der Waals surface area contributed by atoms with Crippen molar-refractivity contribution < 1.29 is 0 Å². The molecule has 0 atom stereocenters. The van der Waals surface area contributed by atoms with Crippen LogP contribution in [0.3, 0.4) is 0 Å². The van der Waals surface area contributed by atoms with E-state index < -0.39 is 0 Å². The lowest BCUT2D eigenvalue weighted by Gasteiger charge is -2.07. The molecule has 0 saturated carbocycles. The molecule has 0 aliphatic heterocycles. The standard InChI is InChI=1S/C18H17N7S/c1-3-7-14(8-4-1)16-13-26-18(21-16)20-12-11-19-17-22-23-24-25(17)15-9-5-2-6-10-15/h1-10,13H,11-12H2,(H,20,21)(H,19,22,24). The maximum atomic E-state index is 4.61. The van der Waals surface area contributed by atoms with E-state index in [9.17, 15) is 0 Å². The van der Waals surface area contributed by atoms with Gasteiger partial charge in [-0.1, -0.05) is 53.6 Å². The Hall–Kier alpha value is -3.26. The van der Waals surface area contributed by atoms with Crippen LogP contribution in [0.2, 0.25) is 0 Å². The van der Waals surface area contributed by atoms with E-state index in [2.05, 4.69) is 48.7 Å². The molecule has 0 fully saturated rings. The Labute approximate surface area is 154 Å². The highest BCUT2D eigenvalue weighted by Gasteiger charge is 2.07. The van der Waals surface area contributed by atoms with Gasteiger partial charge in [0.05, 0.1) is 11.4 Å². The number of para-hydroxylation sites is 1. The van der Waals surface area contributed by atoms with E-state index in [1.54, 1.807) is 16.0 Å². The van der Waals surface area contributed by atoms with Crippen LogP contribution in [0.1, 0.15) is 0 Å². The predicted octanol–water partition coefficient (Wildman–Crippen LogP) is 3.31. The number of aromatic nitrogens is 5. The first-order chi connectivity index (χ1) is 12.9. The smallest absolute Gasteiger partial charge is 0.247 e. The Morgan fingerprint density at radius 2 is 1.62 bits per heavy atom. The van der Waals surface area contributed by atoms with E-state index in [1.165, 1.54) is 0 Å². The molecule has 4 rings (SSSR count). The first-order valence-electron chi connectivity index (χ1n) is 8.23. The average Bonchev–Trinajstić information content (AvgIpc) is 3.36. The molecule has 0 amide bonds. The fraction of sp³-hybridized carbons (Fsp3) is 0.111. The van der Waals surface area contributed by atoms with Gasteiger partial charge < -0.3 is 10.6 Å². The van der Waals surface area contributed by atoms with Crippen molar-refractivity contribution in [1.82, 2.24) is 25.2 Å². The minimum Gasteiger partial charge on any atom is -0.360 e. The van der Waals surface area contributed by atoms with Gasteiger partial charge in [-0.05, 0) is 22.6 Å². The zero-order valence-electron chi connectivity index (χ0n) is 13.9. The van der Waals surface area contributed by atoms with Crippen LogP contribution in [-0.4, -0.2) is 38.3 Å². The summed E-state index contributed by atoms with van der Waals surface area (Å²) in [6.45, 7) is 1.39. The fourth-order valence-corrected chi connectivity index (χ4v) is 3.23. The lowest BCUT2D eigenvalue weighted by molar-refractivity contribution is 0.789. The van der Waals surface area contributed by atoms with Crippen LogP contribution in [0.25, 0.3) is 16.9 Å². The number of hydrogen-bond acceptors (Lipinski definition) is 7. The number of thiazole rings is 1. The van der Waals surface area contributed by atoms with Crippen LogP contribution in [-0.2, 0) is 0 Å². The molecule has 0 aliphatic carbocycles. The molecule has 0 unspecified atom stereocenters. The third kappa shape index (κ3) is 3.70. The lowest BCUT2D eigenvalue weighted by Crippen LogP contribution is -2.16. The second-order valence-electron chi connectivity index (χ2n) is 5.51. The lowest BCUT2D eigenvalue weighted by atomic mass is 10.2. The maximum Gasteiger partial charge on any atom is 0.247 e. The van der Waals surface area contributed by atoms with Gasteiger partial charge in [0.2, 0.25) is 5.95 Å². The van der Waals surface area contributed by atoms with Crippen molar-refractivity contribution in [3.05, 3.63) is 66.0 Å². The molecule has 4 aromatic rings. The van der Waals surface area contributed by atoms with Gasteiger partial charge >= 0.3 is 0 Å². The van der Waals surface area contributed by atoms with Gasteiger partial charge in [-0.25, -0.2) is 4.98 Å². The number of hydrogen-bond donors (Lipinski definition) is 2. The average molecular weight is 363 g/mol. The molecule has 8 heteroatoms. The Morgan fingerprint density at radius 1 is 0.885 bits per heavy atom. The van der Waals surface area contributed by atoms with E-state index >= 15 is 0 Å². The van der Waals surface area contributed by atoms with Crippen LogP contribution < -0.4 is 10.6 Å². The molecule has 0 saturated heterocycles. The van der Waals surface area contributed by atoms with Crippen LogP contribution in [0, 0.1) is 0 Å². The highest BCUT2D eigenvalue weighted by atomic mass is 32.1. The molecule has 130 valence electrons. The monoisotopic (exact) mass is 363 g/mol. The van der Waals surface area contributed by atoms with Crippen molar-refractivity contribution in [2.45, 2.75) is 0 Å². The Kier molecular flexibility index (Phi) is 4.83. The summed E-state index contributed by atoms with van der Waals surface area (Å²) in [5.41, 5.74) is 3.02. The van der Waals surface area contributed by atoms with Gasteiger partial charge in [-0.15, -0.1) is 11.3 Å². The molecule has 2 aromatic heterocycles. The highest BCUT2D eigenvalue weighted by molar-refractivity contribution is 7.14. The Morgan fingerprint density at radius 3 is 2.42 bits per heavy atom. The largest absolute Gasteiger partial charge is 0.360 e. The molecule has 0 spiro atoms. The van der Waals surface area contributed by atoms with Crippen molar-refractivity contribution >= 4 is 22.4 Å². The zero-order valence-corrected chi connectivity index (χ0v) is 14.7. The van der Waals surface area contributed by atoms with Crippen molar-refractivity contribution in [2.75, 3.05) is 23.7 Å². The predicted molar refractivity (Wildman–Crippen MR) is 104 cm³/mol. The number of benzene rings is 2. The van der Waals surface area contributed by atoms with Gasteiger partial charge in [0.25, 0.3) is 0 Å². The van der Waals surface area contributed by atoms with Gasteiger partial charge in [0, 0.05) is 24.0 Å². The highest BCUT2D eigenvalue weighted by Crippen LogP contribution is 2.24. The molecule has 2 aromatic carbocycles. The third-order valence-electron chi connectivity index (χ3n) is 3.73. The van der Waals surface area contributed by atoms with Crippen molar-refractivity contribution in [3.8, 4) is 16.9 Å². The molecule has 0 radical (unpaired) electrons. The van der Waals surface area contributed by atoms with Gasteiger partial charge in [0.15, 0.2) is 5.13 Å². The van der Waals surface area contributed by atoms with Gasteiger partial charge in [0.1, 0.15) is 0 Å². The molecule has 0 aliphatic rings. The maximum absolute atomic E-state index is 4.61. The van der Waals surface area contributed by atoms with E-state index in [0.29, 0.717) is 19.0 Å². The van der Waals surface area contributed by atoms with E-state index in [4.69, 9.17) is 0 Å². The van der Waals surface area contributed by atoms with Crippen LogP contribution in [0.5, 0.6) is 0 Å². The zero-order chi connectivity index (χ0) is 17.6. The molecule has 2 heterocycles. The molecule has 2 N–H and O–H groups in total. The summed E-state index contributed by atoms with van der Waals surface area (Å²) in [5.74, 6) is 0.613. The Balaban J connectivity index is 1.32. The number of rotatable bonds is 7. The minimum atomic E-state index is 0.613. The summed E-state index contributed by atoms with van der Waals surface area (Å²) in [4.78, 5) is 4.61. The summed E-state index contributed by atoms with van der Waals surface area (Å²) in [7, 11) is 0. The second kappa shape index (κ2) is 7.75. The SMILES string of the molecule is c1ccc(-c2csc(NCCNc3nnnn3-c3ccccc3)n2)cc1. The topological polar surface area (TPSA) is 80.5 Å². The number of nitrogens with zero attached hydrogens (tertiary/aromatic N) is 5. The van der Waals surface area contributed by atoms with Crippen molar-refractivity contribution in [2.24, 2.45) is 0 Å². The van der Waals surface area contributed by atoms with E-state index in [-0.39, 0.29) is 0 Å². The fourth-order valence-electron chi connectivity index (χ4n) is 2.48. The summed E-state index contributed by atoms with van der Waals surface area (Å²) in [5, 5.41) is 21.3. The molecule has 0 bridgehead atoms. The first-order valence-corrected chi connectivity index (χ1v) is 9.10. The third-order valence-corrected chi connectivity index (χ3v) is 4.53. The molecule has 7 nitrogen and oxygen atoms in total. The number of nitrogens with one attached hydrogen (secondary N) is 2. The van der Waals surface area contributed by atoms with Crippen LogP contribution in [0.4, 0.5) is 11.1 Å². The van der Waals surface area contributed by atoms with E-state index in [1.807, 2.05) is 48.5 Å². The summed E-state index contributed by atoms with van der Waals surface area (Å²) in [6.07, 6.45) is 0. The molecular formula is C18H17N7S.